The van der Waals surface area contributed by atoms with E-state index in [1.165, 1.54) is 19.3 Å². The van der Waals surface area contributed by atoms with Crippen molar-refractivity contribution in [3.05, 3.63) is 52.9 Å². The van der Waals surface area contributed by atoms with Gasteiger partial charge >= 0.3 is 5.97 Å². The topological polar surface area (TPSA) is 76.0 Å². The molecule has 0 radical (unpaired) electrons. The van der Waals surface area contributed by atoms with Crippen LogP contribution in [-0.4, -0.2) is 17.2 Å². The van der Waals surface area contributed by atoms with E-state index in [4.69, 9.17) is 5.11 Å². The Morgan fingerprint density at radius 1 is 1.12 bits per heavy atom. The smallest absolute Gasteiger partial charge is 0.336 e. The van der Waals surface area contributed by atoms with Crippen molar-refractivity contribution in [2.24, 2.45) is 5.34 Å². The van der Waals surface area contributed by atoms with Crippen LogP contribution in [0.1, 0.15) is 56.3 Å². The molecule has 0 bridgehead atoms. The molecule has 24 heavy (non-hydrogen) atoms. The molecule has 0 spiro atoms. The highest BCUT2D eigenvalue weighted by Crippen LogP contribution is 2.17. The molecule has 0 amide bonds. The summed E-state index contributed by atoms with van der Waals surface area (Å²) in [6.07, 6.45) is 5.78. The summed E-state index contributed by atoms with van der Waals surface area (Å²) in [7, 11) is 0. The predicted octanol–water partition coefficient (Wildman–Crippen LogP) is 5.58. The van der Waals surface area contributed by atoms with Gasteiger partial charge in [-0.25, -0.2) is 4.79 Å². The first-order valence-electron chi connectivity index (χ1n) is 8.29. The summed E-state index contributed by atoms with van der Waals surface area (Å²) in [5.41, 5.74) is 0.359. The van der Waals surface area contributed by atoms with E-state index in [1.54, 1.807) is 12.1 Å². The summed E-state index contributed by atoms with van der Waals surface area (Å²) >= 11 is 0. The lowest BCUT2D eigenvalue weighted by atomic mass is 10.1. The highest BCUT2D eigenvalue weighted by atomic mass is 16.7. The molecule has 0 heterocycles. The van der Waals surface area contributed by atoms with Crippen LogP contribution in [0.15, 0.2) is 47.8 Å². The third-order valence-electron chi connectivity index (χ3n) is 3.71. The van der Waals surface area contributed by atoms with Gasteiger partial charge in [0.15, 0.2) is 5.34 Å². The maximum atomic E-state index is 10.8. The summed E-state index contributed by atoms with van der Waals surface area (Å²) in [6, 6.07) is 12.7. The summed E-state index contributed by atoms with van der Waals surface area (Å²) in [4.78, 5) is 24.9. The van der Waals surface area contributed by atoms with Gasteiger partial charge in [-0.1, -0.05) is 62.6 Å². The second kappa shape index (κ2) is 11.2. The van der Waals surface area contributed by atoms with Crippen molar-refractivity contribution in [2.75, 3.05) is 0 Å². The normalized spacial score (nSPS) is 11.2. The fourth-order valence-corrected chi connectivity index (χ4v) is 2.40. The van der Waals surface area contributed by atoms with E-state index in [-0.39, 0.29) is 6.10 Å². The first kappa shape index (κ1) is 19.6. The maximum absolute atomic E-state index is 10.8. The average Bonchev–Trinajstić information content (AvgIpc) is 2.59. The number of rotatable bonds is 8. The van der Waals surface area contributed by atoms with Gasteiger partial charge in [0.1, 0.15) is 6.10 Å². The summed E-state index contributed by atoms with van der Waals surface area (Å²) in [6.45, 7) is 4.04. The fourth-order valence-electron chi connectivity index (χ4n) is 2.40. The van der Waals surface area contributed by atoms with E-state index in [0.717, 1.165) is 23.6 Å². The number of carboxylic acids is 1. The molecule has 2 aromatic carbocycles. The van der Waals surface area contributed by atoms with Gasteiger partial charge in [-0.3, -0.25) is 0 Å². The summed E-state index contributed by atoms with van der Waals surface area (Å²) < 4.78 is 0. The second-order valence-electron chi connectivity index (χ2n) is 5.67. The molecule has 1 unspecified atom stereocenters. The van der Waals surface area contributed by atoms with Crippen LogP contribution in [0, 0.1) is 4.91 Å². The molecule has 0 aromatic heterocycles. The molecule has 130 valence electrons. The van der Waals surface area contributed by atoms with Crippen LogP contribution >= 0.6 is 0 Å². The van der Waals surface area contributed by atoms with Crippen LogP contribution < -0.4 is 0 Å². The molecule has 2 rings (SSSR count). The fraction of sp³-hybridized carbons (Fsp3) is 0.421. The number of carboxylic acid groups (broad SMARTS) is 1. The van der Waals surface area contributed by atoms with Crippen molar-refractivity contribution < 1.29 is 14.7 Å². The highest BCUT2D eigenvalue weighted by Gasteiger charge is 2.05. The molecular weight excluding hydrogens is 306 g/mol. The second-order valence-corrected chi connectivity index (χ2v) is 5.67. The first-order chi connectivity index (χ1) is 11.6. The van der Waals surface area contributed by atoms with Crippen LogP contribution in [0.3, 0.4) is 0 Å². The quantitative estimate of drug-likeness (QED) is 0.389. The Balaban J connectivity index is 0.000000245. The Morgan fingerprint density at radius 2 is 1.83 bits per heavy atom. The van der Waals surface area contributed by atoms with Gasteiger partial charge in [-0.2, -0.15) is 0 Å². The molecule has 0 aliphatic carbocycles. The minimum atomic E-state index is -0.878. The van der Waals surface area contributed by atoms with Crippen LogP contribution in [0.2, 0.25) is 0 Å². The van der Waals surface area contributed by atoms with Gasteiger partial charge < -0.3 is 9.94 Å². The monoisotopic (exact) mass is 331 g/mol. The minimum absolute atomic E-state index is 0.00986. The zero-order valence-electron chi connectivity index (χ0n) is 14.3. The van der Waals surface area contributed by atoms with Crippen molar-refractivity contribution in [3.8, 4) is 0 Å². The Hall–Kier alpha value is -2.43. The van der Waals surface area contributed by atoms with Crippen LogP contribution in [0.25, 0.3) is 10.8 Å². The van der Waals surface area contributed by atoms with E-state index < -0.39 is 5.97 Å². The lowest BCUT2D eigenvalue weighted by Crippen LogP contribution is -2.02. The van der Waals surface area contributed by atoms with Crippen LogP contribution in [-0.2, 0) is 4.84 Å². The third kappa shape index (κ3) is 6.77. The third-order valence-corrected chi connectivity index (χ3v) is 3.71. The van der Waals surface area contributed by atoms with E-state index in [0.29, 0.717) is 5.56 Å². The van der Waals surface area contributed by atoms with Gasteiger partial charge in [-0.15, -0.1) is 4.91 Å². The molecule has 0 saturated carbocycles. The SMILES string of the molecule is CCCCCCC(C)ON=O.O=C(O)c1cccc2ccccc12. The van der Waals surface area contributed by atoms with Crippen LogP contribution in [0.5, 0.6) is 0 Å². The molecule has 5 nitrogen and oxygen atoms in total. The van der Waals surface area contributed by atoms with Crippen molar-refractivity contribution in [2.45, 2.75) is 52.1 Å². The predicted molar refractivity (Wildman–Crippen MR) is 96.0 cm³/mol. The van der Waals surface area contributed by atoms with Crippen molar-refractivity contribution in [3.63, 3.8) is 0 Å². The largest absolute Gasteiger partial charge is 0.478 e. The van der Waals surface area contributed by atoms with Gasteiger partial charge in [0, 0.05) is 0 Å². The molecular formula is C19H25NO4. The van der Waals surface area contributed by atoms with Crippen molar-refractivity contribution in [1.82, 2.24) is 0 Å². The number of benzene rings is 2. The molecule has 0 aliphatic rings. The van der Waals surface area contributed by atoms with E-state index in [2.05, 4.69) is 17.1 Å². The molecule has 0 saturated heterocycles. The van der Waals surface area contributed by atoms with Gasteiger partial charge in [0.05, 0.1) is 5.56 Å². The maximum Gasteiger partial charge on any atom is 0.336 e. The summed E-state index contributed by atoms with van der Waals surface area (Å²) in [5.74, 6) is -0.878. The first-order valence-corrected chi connectivity index (χ1v) is 8.29. The van der Waals surface area contributed by atoms with Gasteiger partial charge in [0.25, 0.3) is 0 Å². The number of unbranched alkanes of at least 4 members (excludes halogenated alkanes) is 3. The lowest BCUT2D eigenvalue weighted by molar-refractivity contribution is 0.0607. The number of hydrogen-bond acceptors (Lipinski definition) is 4. The van der Waals surface area contributed by atoms with Crippen molar-refractivity contribution >= 4 is 16.7 Å². The number of carbonyl (C=O) groups is 1. The molecule has 5 heteroatoms. The zero-order valence-corrected chi connectivity index (χ0v) is 14.3. The van der Waals surface area contributed by atoms with Gasteiger partial charge in [0.2, 0.25) is 0 Å². The molecule has 1 N–H and O–H groups in total. The molecule has 1 atom stereocenters. The zero-order chi connectivity index (χ0) is 17.8. The highest BCUT2D eigenvalue weighted by molar-refractivity contribution is 6.03. The molecule has 2 aromatic rings. The number of nitrogens with zero attached hydrogens (tertiary/aromatic N) is 1. The Morgan fingerprint density at radius 3 is 2.50 bits per heavy atom. The number of fused-ring (bicyclic) bond motifs is 1. The van der Waals surface area contributed by atoms with Crippen molar-refractivity contribution in [1.29, 1.82) is 0 Å². The van der Waals surface area contributed by atoms with E-state index in [1.807, 2.05) is 37.3 Å². The summed E-state index contributed by atoms with van der Waals surface area (Å²) in [5, 5.41) is 13.0. The van der Waals surface area contributed by atoms with E-state index in [9.17, 15) is 9.70 Å². The lowest BCUT2D eigenvalue weighted by Gasteiger charge is -2.05. The number of aromatic carboxylic acids is 1. The standard InChI is InChI=1S/C11H8O2.C8H17NO2/c12-11(13)10-7-3-5-8-4-1-2-6-9(8)10;1-3-4-5-6-7-8(2)11-9-10/h1-7H,(H,12,13);8H,3-7H2,1-2H3. The average molecular weight is 331 g/mol. The Bertz CT molecular complexity index is 637. The molecule has 0 fully saturated rings. The minimum Gasteiger partial charge on any atom is -0.478 e. The number of hydrogen-bond donors (Lipinski definition) is 1. The van der Waals surface area contributed by atoms with Crippen LogP contribution in [0.4, 0.5) is 0 Å². The van der Waals surface area contributed by atoms with Gasteiger partial charge in [-0.05, 0) is 36.6 Å². The Labute approximate surface area is 142 Å². The Kier molecular flexibility index (Phi) is 9.12. The van der Waals surface area contributed by atoms with E-state index >= 15 is 0 Å². The molecule has 0 aliphatic heterocycles.